The Hall–Kier alpha value is -3.89. The van der Waals surface area contributed by atoms with Crippen molar-refractivity contribution < 1.29 is 37.4 Å². The first-order valence-corrected chi connectivity index (χ1v) is 20.5. The number of carbonyl (C=O) groups is 3. The summed E-state index contributed by atoms with van der Waals surface area (Å²) in [5.41, 5.74) is 1.37. The molecule has 0 bridgehead atoms. The van der Waals surface area contributed by atoms with Gasteiger partial charge in [-0.3, -0.25) is 14.5 Å². The van der Waals surface area contributed by atoms with Gasteiger partial charge in [0.1, 0.15) is 23.3 Å². The number of nitrogens with one attached hydrogen (secondary N) is 1. The summed E-state index contributed by atoms with van der Waals surface area (Å²) in [6, 6.07) is 12.9. The van der Waals surface area contributed by atoms with E-state index >= 15 is 0 Å². The molecule has 2 aromatic carbocycles. The van der Waals surface area contributed by atoms with Crippen molar-refractivity contribution in [3.05, 3.63) is 76.2 Å². The van der Waals surface area contributed by atoms with E-state index in [0.717, 1.165) is 41.2 Å². The second kappa shape index (κ2) is 18.4. The van der Waals surface area contributed by atoms with Gasteiger partial charge in [-0.1, -0.05) is 63.4 Å². The number of sulfonamides is 1. The number of nitrogens with zero attached hydrogens (tertiary/aromatic N) is 4. The normalized spacial score (nSPS) is 17.7. The molecule has 2 fully saturated rings. The average molecular weight is 770 g/mol. The summed E-state index contributed by atoms with van der Waals surface area (Å²) in [4.78, 5) is 48.3. The highest BCUT2D eigenvalue weighted by atomic mass is 32.2. The summed E-state index contributed by atoms with van der Waals surface area (Å²) < 4.78 is 40.0. The molecule has 5 rings (SSSR count). The third-order valence-corrected chi connectivity index (χ3v) is 12.9. The standard InChI is InChI=1S/C38H51N5O8S2/c1-5-26(2)36(43-23-35(45)42(38(43)47)21-29-25-52-34(39-29)24-50-3)37(46)40-32(19-27-11-7-6-8-12-27)33(44)22-41(20-28-13-9-10-14-28)53(48,49)31-17-15-30(51-4)16-18-31/h6-8,11-12,15-18,25-26,28,32-33,36,44H,5,9-10,13-14,19-24H2,1-4H3,(H,40,46)/t26-,32-,33+,36-/m0/s1. The van der Waals surface area contributed by atoms with Crippen molar-refractivity contribution in [2.75, 3.05) is 33.9 Å². The molecule has 1 aromatic heterocycles. The Kier molecular flexibility index (Phi) is 14.0. The van der Waals surface area contributed by atoms with Gasteiger partial charge in [0.15, 0.2) is 0 Å². The fraction of sp³-hybridized carbons (Fsp3) is 0.526. The monoisotopic (exact) mass is 769 g/mol. The summed E-state index contributed by atoms with van der Waals surface area (Å²) in [6.45, 7) is 3.73. The van der Waals surface area contributed by atoms with Crippen LogP contribution in [0.2, 0.25) is 0 Å². The number of imide groups is 1. The molecule has 2 heterocycles. The zero-order valence-electron chi connectivity index (χ0n) is 30.8. The van der Waals surface area contributed by atoms with Crippen LogP contribution in [0.5, 0.6) is 5.75 Å². The number of aliphatic hydroxyl groups is 1. The third-order valence-electron chi connectivity index (χ3n) is 10.2. The molecule has 2 aliphatic rings. The number of hydrogen-bond donors (Lipinski definition) is 2. The smallest absolute Gasteiger partial charge is 0.328 e. The second-order valence-corrected chi connectivity index (χ2v) is 16.8. The highest BCUT2D eigenvalue weighted by Gasteiger charge is 2.45. The molecular weight excluding hydrogens is 719 g/mol. The minimum Gasteiger partial charge on any atom is -0.497 e. The van der Waals surface area contributed by atoms with Gasteiger partial charge in [-0.25, -0.2) is 18.2 Å². The molecule has 15 heteroatoms. The molecule has 53 heavy (non-hydrogen) atoms. The van der Waals surface area contributed by atoms with E-state index in [1.165, 1.54) is 39.8 Å². The Morgan fingerprint density at radius 2 is 1.79 bits per heavy atom. The lowest BCUT2D eigenvalue weighted by Crippen LogP contribution is -2.57. The maximum atomic E-state index is 14.4. The van der Waals surface area contributed by atoms with Crippen molar-refractivity contribution in [1.82, 2.24) is 24.4 Å². The number of aromatic nitrogens is 1. The van der Waals surface area contributed by atoms with Crippen LogP contribution in [0.3, 0.4) is 0 Å². The van der Waals surface area contributed by atoms with Crippen LogP contribution in [0, 0.1) is 11.8 Å². The number of ether oxygens (including phenoxy) is 2. The Labute approximate surface area is 316 Å². The Balaban J connectivity index is 1.39. The van der Waals surface area contributed by atoms with Crippen molar-refractivity contribution in [3.8, 4) is 5.75 Å². The van der Waals surface area contributed by atoms with Gasteiger partial charge in [-0.05, 0) is 60.9 Å². The summed E-state index contributed by atoms with van der Waals surface area (Å²) >= 11 is 1.37. The highest BCUT2D eigenvalue weighted by Crippen LogP contribution is 2.29. The molecular formula is C38H51N5O8S2. The minimum atomic E-state index is -4.04. The van der Waals surface area contributed by atoms with Gasteiger partial charge in [0.2, 0.25) is 15.9 Å². The van der Waals surface area contributed by atoms with Crippen LogP contribution in [-0.4, -0.2) is 103 Å². The predicted molar refractivity (Wildman–Crippen MR) is 201 cm³/mol. The van der Waals surface area contributed by atoms with E-state index in [4.69, 9.17) is 9.47 Å². The fourth-order valence-electron chi connectivity index (χ4n) is 7.04. The van der Waals surface area contributed by atoms with Crippen LogP contribution in [0.15, 0.2) is 64.9 Å². The van der Waals surface area contributed by atoms with E-state index in [0.29, 0.717) is 24.5 Å². The van der Waals surface area contributed by atoms with Crippen molar-refractivity contribution in [1.29, 1.82) is 0 Å². The van der Waals surface area contributed by atoms with Crippen LogP contribution in [-0.2, 0) is 43.9 Å². The number of carbonyl (C=O) groups excluding carboxylic acids is 3. The number of hydrogen-bond acceptors (Lipinski definition) is 10. The molecule has 1 aliphatic carbocycles. The first kappa shape index (κ1) is 40.3. The molecule has 0 spiro atoms. The van der Waals surface area contributed by atoms with Gasteiger partial charge >= 0.3 is 6.03 Å². The summed E-state index contributed by atoms with van der Waals surface area (Å²) in [5, 5.41) is 17.4. The van der Waals surface area contributed by atoms with E-state index in [1.54, 1.807) is 24.6 Å². The predicted octanol–water partition coefficient (Wildman–Crippen LogP) is 4.45. The maximum absolute atomic E-state index is 14.4. The zero-order chi connectivity index (χ0) is 38.1. The summed E-state index contributed by atoms with van der Waals surface area (Å²) in [5.74, 6) is -0.649. The molecule has 13 nitrogen and oxygen atoms in total. The molecule has 0 radical (unpaired) electrons. The Bertz CT molecular complexity index is 1780. The minimum absolute atomic E-state index is 0.0297. The van der Waals surface area contributed by atoms with Gasteiger partial charge in [0, 0.05) is 25.6 Å². The Morgan fingerprint density at radius 1 is 1.09 bits per heavy atom. The zero-order valence-corrected chi connectivity index (χ0v) is 32.5. The molecule has 1 saturated heterocycles. The number of amides is 4. The van der Waals surface area contributed by atoms with Crippen molar-refractivity contribution >= 4 is 39.2 Å². The van der Waals surface area contributed by atoms with Gasteiger partial charge in [-0.15, -0.1) is 11.3 Å². The number of rotatable bonds is 19. The van der Waals surface area contributed by atoms with E-state index in [9.17, 15) is 27.9 Å². The van der Waals surface area contributed by atoms with Crippen LogP contribution < -0.4 is 10.1 Å². The molecule has 1 aliphatic heterocycles. The summed E-state index contributed by atoms with van der Waals surface area (Å²) in [7, 11) is -0.969. The first-order chi connectivity index (χ1) is 25.4. The third kappa shape index (κ3) is 10.0. The van der Waals surface area contributed by atoms with Crippen LogP contribution in [0.4, 0.5) is 4.79 Å². The SMILES string of the molecule is CC[C@H](C)[C@@H](C(=O)N[C@@H](Cc1ccccc1)[C@H](O)CN(CC1CCCC1)S(=O)(=O)c1ccc(OC)cc1)N1CC(=O)N(Cc2csc(COC)n2)C1=O. The van der Waals surface area contributed by atoms with E-state index in [1.807, 2.05) is 44.2 Å². The Morgan fingerprint density at radius 3 is 2.43 bits per heavy atom. The van der Waals surface area contributed by atoms with E-state index in [2.05, 4.69) is 10.3 Å². The molecule has 288 valence electrons. The lowest BCUT2D eigenvalue weighted by Gasteiger charge is -2.34. The van der Waals surface area contributed by atoms with Crippen molar-refractivity contribution in [2.24, 2.45) is 11.8 Å². The molecule has 0 unspecified atom stereocenters. The molecule has 2 N–H and O–H groups in total. The quantitative estimate of drug-likeness (QED) is 0.168. The van der Waals surface area contributed by atoms with E-state index < -0.39 is 46.1 Å². The van der Waals surface area contributed by atoms with Crippen molar-refractivity contribution in [2.45, 2.75) is 88.6 Å². The molecule has 1 saturated carbocycles. The van der Waals surface area contributed by atoms with Gasteiger partial charge in [-0.2, -0.15) is 4.31 Å². The lowest BCUT2D eigenvalue weighted by molar-refractivity contribution is -0.129. The second-order valence-electron chi connectivity index (χ2n) is 13.9. The molecule has 3 aromatic rings. The number of aliphatic hydroxyl groups excluding tert-OH is 1. The van der Waals surface area contributed by atoms with E-state index in [-0.39, 0.29) is 49.3 Å². The van der Waals surface area contributed by atoms with Crippen LogP contribution in [0.25, 0.3) is 0 Å². The first-order valence-electron chi connectivity index (χ1n) is 18.1. The van der Waals surface area contributed by atoms with Crippen LogP contribution >= 0.6 is 11.3 Å². The largest absolute Gasteiger partial charge is 0.497 e. The van der Waals surface area contributed by atoms with Crippen LogP contribution in [0.1, 0.15) is 62.2 Å². The van der Waals surface area contributed by atoms with Gasteiger partial charge < -0.3 is 24.8 Å². The molecule has 4 atom stereocenters. The number of benzene rings is 2. The number of thiazole rings is 1. The highest BCUT2D eigenvalue weighted by molar-refractivity contribution is 7.89. The van der Waals surface area contributed by atoms with Gasteiger partial charge in [0.25, 0.3) is 5.91 Å². The number of methoxy groups -OCH3 is 2. The van der Waals surface area contributed by atoms with Crippen molar-refractivity contribution in [3.63, 3.8) is 0 Å². The number of urea groups is 1. The van der Waals surface area contributed by atoms with Gasteiger partial charge in [0.05, 0.1) is 43.0 Å². The molecule has 4 amide bonds. The average Bonchev–Trinajstić information content (AvgIpc) is 3.90. The fourth-order valence-corrected chi connectivity index (χ4v) is 9.33. The topological polar surface area (TPSA) is 159 Å². The summed E-state index contributed by atoms with van der Waals surface area (Å²) in [6.07, 6.45) is 3.23. The maximum Gasteiger partial charge on any atom is 0.328 e. The lowest BCUT2D eigenvalue weighted by atomic mass is 9.95.